The van der Waals surface area contributed by atoms with Crippen LogP contribution < -0.4 is 0 Å². The second-order valence-corrected chi connectivity index (χ2v) is 7.36. The molecule has 1 N–H and O–H groups in total. The predicted molar refractivity (Wildman–Crippen MR) is 86.2 cm³/mol. The number of benzene rings is 1. The fourth-order valence-corrected chi connectivity index (χ4v) is 3.96. The maximum atomic E-state index is 12.6. The van der Waals surface area contributed by atoms with Gasteiger partial charge in [-0.1, -0.05) is 0 Å². The molecule has 0 radical (unpaired) electrons. The molecule has 20 heavy (non-hydrogen) atoms. The lowest BCUT2D eigenvalue weighted by atomic mass is 10.1. The van der Waals surface area contributed by atoms with Crippen LogP contribution in [-0.4, -0.2) is 10.8 Å². The van der Waals surface area contributed by atoms with E-state index >= 15 is 0 Å². The van der Waals surface area contributed by atoms with Crippen LogP contribution in [0.4, 0.5) is 0 Å². The Bertz CT molecular complexity index is 854. The first-order valence-electron chi connectivity index (χ1n) is 5.61. The van der Waals surface area contributed by atoms with Gasteiger partial charge in [0.2, 0.25) is 5.78 Å². The predicted octanol–water partition coefficient (Wildman–Crippen LogP) is 4.86. The zero-order chi connectivity index (χ0) is 14.3. The SMILES string of the molecule is N#Cc1ccc2[nH]cc(C(=O)c3cc(Br)c(Br)s3)c2c1. The summed E-state index contributed by atoms with van der Waals surface area (Å²) in [7, 11) is 0. The molecule has 98 valence electrons. The molecule has 2 aromatic heterocycles. The van der Waals surface area contributed by atoms with Crippen LogP contribution in [0.3, 0.4) is 0 Å². The zero-order valence-electron chi connectivity index (χ0n) is 9.91. The molecule has 0 bridgehead atoms. The molecule has 0 saturated heterocycles. The van der Waals surface area contributed by atoms with E-state index in [0.29, 0.717) is 16.0 Å². The number of nitriles is 1. The molecule has 6 heteroatoms. The molecule has 1 aromatic carbocycles. The van der Waals surface area contributed by atoms with Gasteiger partial charge in [0.15, 0.2) is 0 Å². The molecular weight excluding hydrogens is 404 g/mol. The molecule has 3 rings (SSSR count). The molecule has 0 aliphatic carbocycles. The van der Waals surface area contributed by atoms with Gasteiger partial charge in [0.05, 0.1) is 20.3 Å². The van der Waals surface area contributed by atoms with Gasteiger partial charge in [0.1, 0.15) is 0 Å². The summed E-state index contributed by atoms with van der Waals surface area (Å²) in [4.78, 5) is 16.3. The number of H-pyrrole nitrogens is 1. The highest BCUT2D eigenvalue weighted by Gasteiger charge is 2.18. The third-order valence-corrected chi connectivity index (χ3v) is 6.18. The van der Waals surface area contributed by atoms with Crippen LogP contribution in [0.15, 0.2) is 38.7 Å². The number of fused-ring (bicyclic) bond motifs is 1. The van der Waals surface area contributed by atoms with Crippen molar-refractivity contribution >= 4 is 59.9 Å². The van der Waals surface area contributed by atoms with E-state index in [2.05, 4.69) is 42.9 Å². The molecule has 0 amide bonds. The largest absolute Gasteiger partial charge is 0.360 e. The summed E-state index contributed by atoms with van der Waals surface area (Å²) in [5.74, 6) is -0.0530. The van der Waals surface area contributed by atoms with Crippen LogP contribution in [0.5, 0.6) is 0 Å². The lowest BCUT2D eigenvalue weighted by molar-refractivity contribution is 0.104. The molecule has 0 aliphatic rings. The van der Waals surface area contributed by atoms with E-state index in [1.54, 1.807) is 24.4 Å². The minimum absolute atomic E-state index is 0.0530. The minimum Gasteiger partial charge on any atom is -0.360 e. The average molecular weight is 410 g/mol. The second kappa shape index (κ2) is 5.17. The van der Waals surface area contributed by atoms with E-state index in [4.69, 9.17) is 5.26 Å². The Balaban J connectivity index is 2.14. The minimum atomic E-state index is -0.0530. The number of aromatic amines is 1. The number of ketones is 1. The zero-order valence-corrected chi connectivity index (χ0v) is 13.9. The van der Waals surface area contributed by atoms with Gasteiger partial charge in [-0.05, 0) is 56.1 Å². The maximum Gasteiger partial charge on any atom is 0.205 e. The molecule has 0 atom stereocenters. The number of halogens is 2. The number of carbonyl (C=O) groups is 1. The Hall–Kier alpha value is -1.42. The van der Waals surface area contributed by atoms with Gasteiger partial charge in [-0.15, -0.1) is 11.3 Å². The van der Waals surface area contributed by atoms with E-state index < -0.39 is 0 Å². The number of hydrogen-bond donors (Lipinski definition) is 1. The highest BCUT2D eigenvalue weighted by molar-refractivity contribution is 9.13. The summed E-state index contributed by atoms with van der Waals surface area (Å²) in [5.41, 5.74) is 1.97. The summed E-state index contributed by atoms with van der Waals surface area (Å²) < 4.78 is 1.75. The van der Waals surface area contributed by atoms with Crippen LogP contribution in [-0.2, 0) is 0 Å². The molecule has 0 saturated carbocycles. The highest BCUT2D eigenvalue weighted by Crippen LogP contribution is 2.34. The van der Waals surface area contributed by atoms with E-state index in [0.717, 1.165) is 19.2 Å². The first kappa shape index (κ1) is 13.6. The fraction of sp³-hybridized carbons (Fsp3) is 0. The summed E-state index contributed by atoms with van der Waals surface area (Å²) in [6, 6.07) is 9.16. The number of nitrogens with zero attached hydrogens (tertiary/aromatic N) is 1. The van der Waals surface area contributed by atoms with Gasteiger partial charge >= 0.3 is 0 Å². The highest BCUT2D eigenvalue weighted by atomic mass is 79.9. The van der Waals surface area contributed by atoms with Crippen LogP contribution in [0.25, 0.3) is 10.9 Å². The van der Waals surface area contributed by atoms with Gasteiger partial charge in [-0.2, -0.15) is 5.26 Å². The average Bonchev–Trinajstić information content (AvgIpc) is 3.01. The summed E-state index contributed by atoms with van der Waals surface area (Å²) in [6.45, 7) is 0. The monoisotopic (exact) mass is 408 g/mol. The van der Waals surface area contributed by atoms with Crippen LogP contribution in [0, 0.1) is 11.3 Å². The quantitative estimate of drug-likeness (QED) is 0.614. The van der Waals surface area contributed by atoms with Crippen LogP contribution in [0.2, 0.25) is 0 Å². The van der Waals surface area contributed by atoms with Crippen molar-refractivity contribution in [2.75, 3.05) is 0 Å². The first-order valence-corrected chi connectivity index (χ1v) is 8.01. The Morgan fingerprint density at radius 2 is 2.10 bits per heavy atom. The fourth-order valence-electron chi connectivity index (χ4n) is 1.97. The van der Waals surface area contributed by atoms with Crippen molar-refractivity contribution < 1.29 is 4.79 Å². The van der Waals surface area contributed by atoms with Crippen LogP contribution >= 0.6 is 43.2 Å². The Morgan fingerprint density at radius 1 is 1.30 bits per heavy atom. The van der Waals surface area contributed by atoms with Gasteiger partial charge in [-0.3, -0.25) is 4.79 Å². The third-order valence-electron chi connectivity index (χ3n) is 2.92. The Kier molecular flexibility index (Phi) is 3.50. The Labute approximate surface area is 135 Å². The molecule has 0 fully saturated rings. The van der Waals surface area contributed by atoms with E-state index in [-0.39, 0.29) is 5.78 Å². The number of hydrogen-bond acceptors (Lipinski definition) is 3. The molecule has 0 unspecified atom stereocenters. The van der Waals surface area contributed by atoms with E-state index in [1.165, 1.54) is 11.3 Å². The number of rotatable bonds is 2. The van der Waals surface area contributed by atoms with Crippen molar-refractivity contribution in [3.8, 4) is 6.07 Å². The smallest absolute Gasteiger partial charge is 0.205 e. The standard InChI is InChI=1S/C14H6Br2N2OS/c15-10-4-12(20-14(10)16)13(19)9-6-18-11-2-1-7(5-17)3-8(9)11/h1-4,6,18H. The van der Waals surface area contributed by atoms with Crippen molar-refractivity contribution in [1.82, 2.24) is 4.98 Å². The van der Waals surface area contributed by atoms with Crippen molar-refractivity contribution in [1.29, 1.82) is 5.26 Å². The number of nitrogens with one attached hydrogen (secondary N) is 1. The molecule has 0 aliphatic heterocycles. The second-order valence-electron chi connectivity index (χ2n) is 4.14. The first-order chi connectivity index (χ1) is 9.60. The molecular formula is C14H6Br2N2OS. The Morgan fingerprint density at radius 3 is 2.75 bits per heavy atom. The number of carbonyl (C=O) groups excluding carboxylic acids is 1. The van der Waals surface area contributed by atoms with Gasteiger partial charge < -0.3 is 4.98 Å². The van der Waals surface area contributed by atoms with Gasteiger partial charge in [-0.25, -0.2) is 0 Å². The third kappa shape index (κ3) is 2.22. The molecule has 3 nitrogen and oxygen atoms in total. The van der Waals surface area contributed by atoms with Crippen molar-refractivity contribution in [3.63, 3.8) is 0 Å². The van der Waals surface area contributed by atoms with Gasteiger partial charge in [0, 0.05) is 27.1 Å². The maximum absolute atomic E-state index is 12.6. The van der Waals surface area contributed by atoms with E-state index in [9.17, 15) is 4.79 Å². The van der Waals surface area contributed by atoms with Crippen LogP contribution in [0.1, 0.15) is 20.8 Å². The lowest BCUT2D eigenvalue weighted by Crippen LogP contribution is -1.97. The van der Waals surface area contributed by atoms with Crippen molar-refractivity contribution in [2.24, 2.45) is 0 Å². The summed E-state index contributed by atoms with van der Waals surface area (Å²) >= 11 is 8.15. The topological polar surface area (TPSA) is 56.6 Å². The molecule has 2 heterocycles. The summed E-state index contributed by atoms with van der Waals surface area (Å²) in [6.07, 6.45) is 1.69. The van der Waals surface area contributed by atoms with Crippen molar-refractivity contribution in [2.45, 2.75) is 0 Å². The molecule has 0 spiro atoms. The number of thiophene rings is 1. The number of aromatic nitrogens is 1. The van der Waals surface area contributed by atoms with E-state index in [1.807, 2.05) is 6.07 Å². The summed E-state index contributed by atoms with van der Waals surface area (Å²) in [5, 5.41) is 9.74. The van der Waals surface area contributed by atoms with Gasteiger partial charge in [0.25, 0.3) is 0 Å². The molecule has 3 aromatic rings. The van der Waals surface area contributed by atoms with Crippen molar-refractivity contribution in [3.05, 3.63) is 54.7 Å². The lowest BCUT2D eigenvalue weighted by Gasteiger charge is -1.96. The normalized spacial score (nSPS) is 10.7.